The Hall–Kier alpha value is -2.52. The highest BCUT2D eigenvalue weighted by Crippen LogP contribution is 2.19. The first-order valence-corrected chi connectivity index (χ1v) is 11.7. The minimum atomic E-state index is -0.0659. The molecule has 0 fully saturated rings. The average Bonchev–Trinajstić information content (AvgIpc) is 2.83. The quantitative estimate of drug-likeness (QED) is 0.280. The van der Waals surface area contributed by atoms with E-state index in [0.29, 0.717) is 0 Å². The van der Waals surface area contributed by atoms with Crippen LogP contribution in [0, 0.1) is 0 Å². The SMILES string of the molecule is C=CC(CN(CCCC)c1ccccc1)OC(C=C)CN(CCCC)c1ccccc1. The van der Waals surface area contributed by atoms with Gasteiger partial charge in [0.25, 0.3) is 0 Å². The van der Waals surface area contributed by atoms with Crippen molar-refractivity contribution < 1.29 is 4.74 Å². The molecule has 0 aliphatic heterocycles. The zero-order valence-electron chi connectivity index (χ0n) is 19.5. The van der Waals surface area contributed by atoms with Gasteiger partial charge in [-0.15, -0.1) is 13.2 Å². The third kappa shape index (κ3) is 8.63. The number of benzene rings is 2. The molecule has 0 aliphatic carbocycles. The maximum absolute atomic E-state index is 6.49. The zero-order valence-corrected chi connectivity index (χ0v) is 19.5. The molecule has 0 aliphatic rings. The van der Waals surface area contributed by atoms with Crippen LogP contribution >= 0.6 is 0 Å². The molecule has 2 atom stereocenters. The van der Waals surface area contributed by atoms with Crippen LogP contribution in [0.3, 0.4) is 0 Å². The van der Waals surface area contributed by atoms with Crippen LogP contribution in [0.4, 0.5) is 11.4 Å². The molecule has 0 saturated heterocycles. The fraction of sp³-hybridized carbons (Fsp3) is 0.429. The van der Waals surface area contributed by atoms with Gasteiger partial charge >= 0.3 is 0 Å². The van der Waals surface area contributed by atoms with E-state index in [4.69, 9.17) is 4.74 Å². The van der Waals surface area contributed by atoms with Gasteiger partial charge in [-0.1, -0.05) is 75.2 Å². The smallest absolute Gasteiger partial charge is 0.0937 e. The summed E-state index contributed by atoms with van der Waals surface area (Å²) in [6.07, 6.45) is 8.37. The van der Waals surface area contributed by atoms with Crippen molar-refractivity contribution in [2.24, 2.45) is 0 Å². The molecule has 0 saturated carbocycles. The number of unbranched alkanes of at least 4 members (excludes halogenated alkanes) is 2. The molecule has 31 heavy (non-hydrogen) atoms. The molecule has 0 radical (unpaired) electrons. The Labute approximate surface area is 190 Å². The minimum absolute atomic E-state index is 0.0659. The summed E-state index contributed by atoms with van der Waals surface area (Å²) in [5.74, 6) is 0. The molecular formula is C28H40N2O. The fourth-order valence-corrected chi connectivity index (χ4v) is 3.63. The third-order valence-corrected chi connectivity index (χ3v) is 5.48. The second-order valence-corrected chi connectivity index (χ2v) is 7.95. The standard InChI is InChI=1S/C28H40N2O/c1-5-9-21-29(25-17-13-11-14-18-25)23-27(7-3)31-28(8-4)24-30(22-10-6-2)26-19-15-12-16-20-26/h7-8,11-20,27-28H,3-6,9-10,21-24H2,1-2H3. The largest absolute Gasteiger partial charge is 0.369 e. The lowest BCUT2D eigenvalue weighted by molar-refractivity contribution is 0.0494. The number of rotatable bonds is 16. The van der Waals surface area contributed by atoms with Crippen molar-refractivity contribution >= 4 is 11.4 Å². The maximum atomic E-state index is 6.49. The highest BCUT2D eigenvalue weighted by atomic mass is 16.5. The molecule has 168 valence electrons. The monoisotopic (exact) mass is 420 g/mol. The van der Waals surface area contributed by atoms with Crippen molar-refractivity contribution in [3.63, 3.8) is 0 Å². The van der Waals surface area contributed by atoms with E-state index in [9.17, 15) is 0 Å². The Morgan fingerprint density at radius 1 is 0.710 bits per heavy atom. The number of anilines is 2. The second kappa shape index (κ2) is 14.5. The molecule has 0 N–H and O–H groups in total. The number of hydrogen-bond donors (Lipinski definition) is 0. The predicted molar refractivity (Wildman–Crippen MR) is 136 cm³/mol. The van der Waals surface area contributed by atoms with E-state index in [1.807, 2.05) is 12.2 Å². The van der Waals surface area contributed by atoms with E-state index in [0.717, 1.165) is 39.0 Å². The summed E-state index contributed by atoms with van der Waals surface area (Å²) in [5, 5.41) is 0. The van der Waals surface area contributed by atoms with Crippen LogP contribution < -0.4 is 9.80 Å². The molecule has 2 aromatic carbocycles. The van der Waals surface area contributed by atoms with Gasteiger partial charge in [0.15, 0.2) is 0 Å². The van der Waals surface area contributed by atoms with Crippen molar-refractivity contribution in [2.75, 3.05) is 36.0 Å². The van der Waals surface area contributed by atoms with Gasteiger partial charge in [-0.3, -0.25) is 0 Å². The van der Waals surface area contributed by atoms with Crippen molar-refractivity contribution in [3.05, 3.63) is 86.0 Å². The zero-order chi connectivity index (χ0) is 22.3. The number of ether oxygens (including phenoxy) is 1. The predicted octanol–water partition coefficient (Wildman–Crippen LogP) is 6.73. The molecule has 3 nitrogen and oxygen atoms in total. The molecule has 0 bridgehead atoms. The van der Waals surface area contributed by atoms with Crippen molar-refractivity contribution in [3.8, 4) is 0 Å². The number of nitrogens with zero attached hydrogens (tertiary/aromatic N) is 2. The summed E-state index contributed by atoms with van der Waals surface area (Å²) < 4.78 is 6.49. The van der Waals surface area contributed by atoms with Gasteiger partial charge < -0.3 is 14.5 Å². The number of hydrogen-bond acceptors (Lipinski definition) is 3. The molecule has 0 amide bonds. The Morgan fingerprint density at radius 2 is 1.10 bits per heavy atom. The normalized spacial score (nSPS) is 12.7. The molecule has 2 aromatic rings. The molecule has 0 heterocycles. The lowest BCUT2D eigenvalue weighted by Crippen LogP contribution is -2.39. The molecule has 0 aromatic heterocycles. The van der Waals surface area contributed by atoms with E-state index in [1.54, 1.807) is 0 Å². The number of para-hydroxylation sites is 2. The lowest BCUT2D eigenvalue weighted by Gasteiger charge is -2.32. The van der Waals surface area contributed by atoms with Crippen LogP contribution in [-0.4, -0.2) is 38.4 Å². The van der Waals surface area contributed by atoms with Crippen LogP contribution in [0.25, 0.3) is 0 Å². The first-order valence-electron chi connectivity index (χ1n) is 11.7. The first-order chi connectivity index (χ1) is 15.2. The van der Waals surface area contributed by atoms with E-state index in [1.165, 1.54) is 24.2 Å². The molecular weight excluding hydrogens is 380 g/mol. The minimum Gasteiger partial charge on any atom is -0.369 e. The second-order valence-electron chi connectivity index (χ2n) is 7.95. The van der Waals surface area contributed by atoms with Crippen LogP contribution in [0.2, 0.25) is 0 Å². The summed E-state index contributed by atoms with van der Waals surface area (Å²) in [5.41, 5.74) is 2.46. The molecule has 2 unspecified atom stereocenters. The van der Waals surface area contributed by atoms with Gasteiger partial charge in [0.1, 0.15) is 0 Å². The Kier molecular flexibility index (Phi) is 11.6. The molecule has 2 rings (SSSR count). The van der Waals surface area contributed by atoms with Crippen LogP contribution in [0.15, 0.2) is 86.0 Å². The Balaban J connectivity index is 2.07. The Bertz CT molecular complexity index is 668. The maximum Gasteiger partial charge on any atom is 0.0937 e. The van der Waals surface area contributed by atoms with Crippen LogP contribution in [0.5, 0.6) is 0 Å². The highest BCUT2D eigenvalue weighted by molar-refractivity contribution is 5.47. The van der Waals surface area contributed by atoms with Crippen molar-refractivity contribution in [2.45, 2.75) is 51.7 Å². The molecule has 0 spiro atoms. The van der Waals surface area contributed by atoms with Gasteiger partial charge in [-0.2, -0.15) is 0 Å². The van der Waals surface area contributed by atoms with E-state index in [2.05, 4.69) is 97.5 Å². The van der Waals surface area contributed by atoms with Gasteiger partial charge in [0.2, 0.25) is 0 Å². The van der Waals surface area contributed by atoms with Gasteiger partial charge in [-0.05, 0) is 37.1 Å². The van der Waals surface area contributed by atoms with Gasteiger partial charge in [-0.25, -0.2) is 0 Å². The Morgan fingerprint density at radius 3 is 1.42 bits per heavy atom. The summed E-state index contributed by atoms with van der Waals surface area (Å²) in [4.78, 5) is 4.81. The van der Waals surface area contributed by atoms with E-state index < -0.39 is 0 Å². The van der Waals surface area contributed by atoms with Crippen molar-refractivity contribution in [1.29, 1.82) is 0 Å². The topological polar surface area (TPSA) is 15.7 Å². The highest BCUT2D eigenvalue weighted by Gasteiger charge is 2.19. The summed E-state index contributed by atoms with van der Waals surface area (Å²) >= 11 is 0. The lowest BCUT2D eigenvalue weighted by atomic mass is 10.2. The fourth-order valence-electron chi connectivity index (χ4n) is 3.63. The van der Waals surface area contributed by atoms with Crippen LogP contribution in [-0.2, 0) is 4.74 Å². The first kappa shape index (κ1) is 24.7. The van der Waals surface area contributed by atoms with E-state index in [-0.39, 0.29) is 12.2 Å². The summed E-state index contributed by atoms with van der Waals surface area (Å²) in [6, 6.07) is 21.2. The summed E-state index contributed by atoms with van der Waals surface area (Å²) in [6.45, 7) is 16.2. The van der Waals surface area contributed by atoms with E-state index >= 15 is 0 Å². The van der Waals surface area contributed by atoms with Crippen LogP contribution in [0.1, 0.15) is 39.5 Å². The molecule has 3 heteroatoms. The average molecular weight is 421 g/mol. The van der Waals surface area contributed by atoms with Gasteiger partial charge in [0.05, 0.1) is 12.2 Å². The summed E-state index contributed by atoms with van der Waals surface area (Å²) in [7, 11) is 0. The van der Waals surface area contributed by atoms with Crippen molar-refractivity contribution in [1.82, 2.24) is 0 Å². The van der Waals surface area contributed by atoms with Gasteiger partial charge in [0, 0.05) is 37.6 Å². The third-order valence-electron chi connectivity index (χ3n) is 5.48.